The number of nitrogen functional groups attached to an aromatic ring is 1. The number of fused-ring (bicyclic) bond motifs is 1. The van der Waals surface area contributed by atoms with Crippen molar-refractivity contribution in [1.29, 1.82) is 0 Å². The van der Waals surface area contributed by atoms with E-state index in [9.17, 15) is 53.1 Å². The van der Waals surface area contributed by atoms with Gasteiger partial charge in [-0.1, -0.05) is 13.8 Å². The molecule has 27 heteroatoms. The number of carbonyl (C=O) groups is 2. The normalized spacial score (nSPS) is 23.4. The molecule has 0 aliphatic carbocycles. The number of imidazole rings is 1. The van der Waals surface area contributed by atoms with Crippen LogP contribution in [0.3, 0.4) is 0 Å². The number of nitrogens with one attached hydrogen (secondary N) is 2. The van der Waals surface area contributed by atoms with Gasteiger partial charge in [-0.2, -0.15) is 16.9 Å². The maximum absolute atomic E-state index is 12.6. The number of anilines is 1. The number of hydrogen-bond acceptors (Lipinski definition) is 17. The number of phosphoric acid groups is 3. The summed E-state index contributed by atoms with van der Waals surface area (Å²) in [4.78, 5) is 74.6. The van der Waals surface area contributed by atoms with E-state index in [1.165, 1.54) is 13.8 Å². The van der Waals surface area contributed by atoms with Gasteiger partial charge in [0.05, 0.1) is 19.5 Å². The second-order valence-corrected chi connectivity index (χ2v) is 15.5. The van der Waals surface area contributed by atoms with Crippen LogP contribution in [0.15, 0.2) is 12.7 Å². The summed E-state index contributed by atoms with van der Waals surface area (Å²) in [6.07, 6.45) is -6.74. The van der Waals surface area contributed by atoms with E-state index >= 15 is 0 Å². The van der Waals surface area contributed by atoms with Gasteiger partial charge < -0.3 is 50.9 Å². The van der Waals surface area contributed by atoms with Crippen LogP contribution < -0.4 is 16.4 Å². The number of phosphoric ester groups is 3. The molecule has 2 amide bonds. The average molecular weight is 768 g/mol. The Kier molecular flexibility index (Phi) is 13.7. The minimum atomic E-state index is -5.54. The number of aliphatic hydroxyl groups is 2. The van der Waals surface area contributed by atoms with Gasteiger partial charge in [-0.3, -0.25) is 27.7 Å². The minimum Gasteiger partial charge on any atom is -0.386 e. The molecule has 23 nitrogen and oxygen atoms in total. The third-order valence-electron chi connectivity index (χ3n) is 6.51. The molecule has 2 aromatic rings. The van der Waals surface area contributed by atoms with E-state index in [1.807, 2.05) is 0 Å². The first-order valence-electron chi connectivity index (χ1n) is 13.7. The number of aliphatic hydroxyl groups excluding tert-OH is 2. The summed E-state index contributed by atoms with van der Waals surface area (Å²) in [5.74, 6) is -0.943. The van der Waals surface area contributed by atoms with E-state index in [0.29, 0.717) is 12.3 Å². The molecule has 48 heavy (non-hydrogen) atoms. The molecule has 0 saturated carbocycles. The molecular weight excluding hydrogens is 731 g/mol. The van der Waals surface area contributed by atoms with E-state index in [2.05, 4.69) is 47.0 Å². The molecule has 7 atom stereocenters. The molecule has 0 radical (unpaired) electrons. The van der Waals surface area contributed by atoms with Gasteiger partial charge in [-0.15, -0.1) is 0 Å². The van der Waals surface area contributed by atoms with Crippen LogP contribution in [0.1, 0.15) is 26.5 Å². The third-order valence-corrected chi connectivity index (χ3v) is 9.83. The molecule has 1 fully saturated rings. The van der Waals surface area contributed by atoms with Crippen LogP contribution in [0, 0.1) is 5.41 Å². The fourth-order valence-electron chi connectivity index (χ4n) is 4.14. The Balaban J connectivity index is 1.61. The maximum atomic E-state index is 12.6. The van der Waals surface area contributed by atoms with Crippen molar-refractivity contribution < 1.29 is 75.7 Å². The first-order valence-corrected chi connectivity index (χ1v) is 18.8. The Hall–Kier alpha value is -2.11. The number of ether oxygens (including phenoxy) is 1. The Morgan fingerprint density at radius 3 is 2.42 bits per heavy atom. The van der Waals surface area contributed by atoms with Crippen LogP contribution in [-0.2, 0) is 45.9 Å². The molecule has 1 aliphatic rings. The quantitative estimate of drug-likeness (QED) is 0.0599. The SMILES string of the molecule is CC(C)(COP(=O)(O)OP(=O)(O)OC[C@H]1O[C@@H](n2cnc3c(N)ncnc32)C(O)C1OP(=O)(O)O)C(O)C(=O)NCCC(=O)NCCS. The van der Waals surface area contributed by atoms with Crippen molar-refractivity contribution in [3.05, 3.63) is 12.7 Å². The van der Waals surface area contributed by atoms with Crippen LogP contribution in [0.4, 0.5) is 5.82 Å². The number of carbonyl (C=O) groups excluding carboxylic acids is 2. The minimum absolute atomic E-state index is 0.0363. The lowest BCUT2D eigenvalue weighted by Crippen LogP contribution is -2.46. The predicted molar refractivity (Wildman–Crippen MR) is 163 cm³/mol. The zero-order valence-electron chi connectivity index (χ0n) is 25.2. The van der Waals surface area contributed by atoms with Gasteiger partial charge in [-0.25, -0.2) is 28.6 Å². The number of nitrogens with two attached hydrogens (primary N) is 1. The smallest absolute Gasteiger partial charge is 0.386 e. The van der Waals surface area contributed by atoms with Crippen molar-refractivity contribution in [1.82, 2.24) is 30.2 Å². The second-order valence-electron chi connectivity index (χ2n) is 10.8. The van der Waals surface area contributed by atoms with E-state index in [0.717, 1.165) is 17.2 Å². The summed E-state index contributed by atoms with van der Waals surface area (Å²) in [5, 5.41) is 26.1. The number of thiol groups is 1. The Morgan fingerprint density at radius 2 is 1.77 bits per heavy atom. The van der Waals surface area contributed by atoms with Gasteiger partial charge in [0, 0.05) is 30.7 Å². The lowest BCUT2D eigenvalue weighted by Gasteiger charge is -2.30. The summed E-state index contributed by atoms with van der Waals surface area (Å²) < 4.78 is 61.7. The standard InChI is InChI=1S/C21H36N7O16P3S/c1-21(2,16(31)19(32)24-4-3-12(29)23-5-6-48)8-41-47(38,39)44-46(36,37)40-7-11-15(43-45(33,34)35)14(30)20(42-11)28-10-27-13-17(22)25-9-26-18(13)28/h9-11,14-16,20,30-31,48H,3-8H2,1-2H3,(H,23,29)(H,24,32)(H,36,37)(H,38,39)(H2,22,25,26)(H2,33,34,35)/t11-,14?,15?,16?,20-/m1/s1. The Morgan fingerprint density at radius 1 is 1.10 bits per heavy atom. The molecule has 0 bridgehead atoms. The average Bonchev–Trinajstić information content (AvgIpc) is 3.54. The molecule has 5 unspecified atom stereocenters. The number of hydrogen-bond donors (Lipinski definition) is 10. The second kappa shape index (κ2) is 16.3. The van der Waals surface area contributed by atoms with Crippen LogP contribution >= 0.6 is 36.1 Å². The van der Waals surface area contributed by atoms with Crippen molar-refractivity contribution in [3.63, 3.8) is 0 Å². The summed E-state index contributed by atoms with van der Waals surface area (Å²) in [5.41, 5.74) is 4.30. The molecular formula is C21H36N7O16P3S. The lowest BCUT2D eigenvalue weighted by atomic mass is 9.87. The third kappa shape index (κ3) is 11.2. The van der Waals surface area contributed by atoms with Crippen molar-refractivity contribution in [3.8, 4) is 0 Å². The fourth-order valence-corrected chi connectivity index (χ4v) is 7.08. The van der Waals surface area contributed by atoms with Crippen molar-refractivity contribution >= 4 is 64.9 Å². The molecule has 10 N–H and O–H groups in total. The van der Waals surface area contributed by atoms with Crippen LogP contribution in [0.5, 0.6) is 0 Å². The van der Waals surface area contributed by atoms with Gasteiger partial charge >= 0.3 is 23.5 Å². The lowest BCUT2D eigenvalue weighted by molar-refractivity contribution is -0.137. The first-order chi connectivity index (χ1) is 22.2. The fraction of sp³-hybridized carbons (Fsp3) is 0.667. The van der Waals surface area contributed by atoms with Gasteiger partial charge in [0.15, 0.2) is 17.7 Å². The van der Waals surface area contributed by atoms with Crippen molar-refractivity contribution in [2.75, 3.05) is 37.8 Å². The van der Waals surface area contributed by atoms with Crippen LogP contribution in [-0.4, -0.2) is 118 Å². The predicted octanol–water partition coefficient (Wildman–Crippen LogP) is -1.67. The van der Waals surface area contributed by atoms with Gasteiger partial charge in [0.2, 0.25) is 11.8 Å². The van der Waals surface area contributed by atoms with E-state index in [1.54, 1.807) is 0 Å². The molecule has 0 spiro atoms. The monoisotopic (exact) mass is 767 g/mol. The van der Waals surface area contributed by atoms with E-state index in [4.69, 9.17) is 19.5 Å². The highest BCUT2D eigenvalue weighted by Gasteiger charge is 2.50. The molecule has 272 valence electrons. The number of nitrogens with zero attached hydrogens (tertiary/aromatic N) is 4. The van der Waals surface area contributed by atoms with Crippen LogP contribution in [0.2, 0.25) is 0 Å². The zero-order valence-corrected chi connectivity index (χ0v) is 28.8. The largest absolute Gasteiger partial charge is 0.481 e. The Labute approximate surface area is 277 Å². The van der Waals surface area contributed by atoms with Crippen LogP contribution in [0.25, 0.3) is 11.2 Å². The number of rotatable bonds is 18. The summed E-state index contributed by atoms with van der Waals surface area (Å²) in [6.45, 7) is 0.723. The van der Waals surface area contributed by atoms with Gasteiger partial charge in [-0.05, 0) is 0 Å². The summed E-state index contributed by atoms with van der Waals surface area (Å²) >= 11 is 3.95. The first kappa shape index (κ1) is 40.3. The number of amides is 2. The zero-order chi connectivity index (χ0) is 36.1. The molecule has 2 aromatic heterocycles. The summed E-state index contributed by atoms with van der Waals surface area (Å²) in [6, 6.07) is 0. The molecule has 1 aliphatic heterocycles. The molecule has 0 aromatic carbocycles. The molecule has 1 saturated heterocycles. The van der Waals surface area contributed by atoms with Gasteiger partial charge in [0.1, 0.15) is 36.3 Å². The summed E-state index contributed by atoms with van der Waals surface area (Å²) in [7, 11) is -16.3. The highest BCUT2D eigenvalue weighted by molar-refractivity contribution is 7.80. The maximum Gasteiger partial charge on any atom is 0.481 e. The highest BCUT2D eigenvalue weighted by atomic mass is 32.1. The van der Waals surface area contributed by atoms with Crippen molar-refractivity contribution in [2.45, 2.75) is 50.9 Å². The van der Waals surface area contributed by atoms with E-state index in [-0.39, 0.29) is 35.9 Å². The highest BCUT2D eigenvalue weighted by Crippen LogP contribution is 2.61. The van der Waals surface area contributed by atoms with E-state index < -0.39 is 78.6 Å². The van der Waals surface area contributed by atoms with Gasteiger partial charge in [0.25, 0.3) is 0 Å². The number of aromatic nitrogens is 4. The topological polar surface area (TPSA) is 347 Å². The van der Waals surface area contributed by atoms with Crippen molar-refractivity contribution in [2.24, 2.45) is 5.41 Å². The molecule has 3 rings (SSSR count). The Bertz CT molecular complexity index is 1590. The molecule has 3 heterocycles.